The molecule has 0 amide bonds. The Morgan fingerprint density at radius 1 is 1.31 bits per heavy atom. The van der Waals surface area contributed by atoms with Crippen molar-refractivity contribution >= 4 is 10.9 Å². The number of nitrogens with one attached hydrogen (secondary N) is 1. The summed E-state index contributed by atoms with van der Waals surface area (Å²) in [4.78, 5) is 14.4. The molecule has 0 saturated carbocycles. The van der Waals surface area contributed by atoms with E-state index in [2.05, 4.69) is 4.98 Å². The maximum absolute atomic E-state index is 11.4. The molecule has 3 N–H and O–H groups in total. The fraction of sp³-hybridized carbons (Fsp3) is 0.100. The summed E-state index contributed by atoms with van der Waals surface area (Å²) in [5.74, 6) is 0. The largest absolute Gasteiger partial charge is 0.361 e. The van der Waals surface area contributed by atoms with Crippen LogP contribution in [0.4, 0.5) is 0 Å². The number of rotatable bonds is 1. The Bertz CT molecular complexity index is 487. The third-order valence-electron chi connectivity index (χ3n) is 2.06. The van der Waals surface area contributed by atoms with Gasteiger partial charge in [-0.3, -0.25) is 4.79 Å². The van der Waals surface area contributed by atoms with Crippen molar-refractivity contribution in [2.24, 2.45) is 5.73 Å². The molecule has 0 aliphatic heterocycles. The van der Waals surface area contributed by atoms with Gasteiger partial charge in [0.2, 0.25) is 0 Å². The Kier molecular flexibility index (Phi) is 1.87. The average Bonchev–Trinajstić information content (AvgIpc) is 2.18. The number of fused-ring (bicyclic) bond motifs is 1. The highest BCUT2D eigenvalue weighted by molar-refractivity contribution is 5.78. The minimum absolute atomic E-state index is 0.0315. The number of H-pyrrole nitrogens is 1. The molecule has 1 aromatic carbocycles. The van der Waals surface area contributed by atoms with Crippen molar-refractivity contribution in [1.29, 1.82) is 0 Å². The molecule has 3 nitrogen and oxygen atoms in total. The van der Waals surface area contributed by atoms with Crippen LogP contribution in [-0.4, -0.2) is 4.98 Å². The predicted molar refractivity (Wildman–Crippen MR) is 52.5 cm³/mol. The Hall–Kier alpha value is -1.61. The van der Waals surface area contributed by atoms with E-state index in [1.165, 1.54) is 6.07 Å². The molecule has 0 fully saturated rings. The van der Waals surface area contributed by atoms with Gasteiger partial charge in [-0.15, -0.1) is 0 Å². The van der Waals surface area contributed by atoms with Gasteiger partial charge in [-0.05, 0) is 17.7 Å². The highest BCUT2D eigenvalue weighted by atomic mass is 16.1. The summed E-state index contributed by atoms with van der Waals surface area (Å²) in [6, 6.07) is 7.13. The maximum atomic E-state index is 11.4. The zero-order valence-electron chi connectivity index (χ0n) is 7.08. The van der Waals surface area contributed by atoms with Gasteiger partial charge in [0.25, 0.3) is 0 Å². The van der Waals surface area contributed by atoms with Gasteiger partial charge in [0.15, 0.2) is 5.43 Å². The van der Waals surface area contributed by atoms with Crippen LogP contribution in [0.2, 0.25) is 0 Å². The molecule has 2 aromatic rings. The van der Waals surface area contributed by atoms with Crippen LogP contribution in [0.15, 0.2) is 35.3 Å². The van der Waals surface area contributed by atoms with Crippen LogP contribution in [0.1, 0.15) is 5.56 Å². The summed E-state index contributed by atoms with van der Waals surface area (Å²) in [6.45, 7) is 0.463. The lowest BCUT2D eigenvalue weighted by Gasteiger charge is -1.99. The van der Waals surface area contributed by atoms with Crippen molar-refractivity contribution in [3.8, 4) is 0 Å². The number of hydrogen-bond acceptors (Lipinski definition) is 2. The first kappa shape index (κ1) is 8.01. The van der Waals surface area contributed by atoms with Crippen LogP contribution < -0.4 is 11.2 Å². The van der Waals surface area contributed by atoms with Crippen molar-refractivity contribution in [3.05, 3.63) is 46.2 Å². The second-order valence-electron chi connectivity index (χ2n) is 2.93. The normalized spacial score (nSPS) is 10.5. The molecule has 0 bridgehead atoms. The van der Waals surface area contributed by atoms with Crippen LogP contribution in [0.3, 0.4) is 0 Å². The number of nitrogens with two attached hydrogens (primary N) is 1. The molecule has 0 aliphatic carbocycles. The lowest BCUT2D eigenvalue weighted by atomic mass is 10.1. The Balaban J connectivity index is 2.82. The Morgan fingerprint density at radius 2 is 2.15 bits per heavy atom. The van der Waals surface area contributed by atoms with E-state index in [4.69, 9.17) is 5.73 Å². The number of pyridine rings is 1. The molecule has 3 heteroatoms. The second kappa shape index (κ2) is 3.03. The van der Waals surface area contributed by atoms with E-state index < -0.39 is 0 Å². The van der Waals surface area contributed by atoms with Gasteiger partial charge in [-0.25, -0.2) is 0 Å². The van der Waals surface area contributed by atoms with E-state index >= 15 is 0 Å². The Labute approximate surface area is 75.2 Å². The van der Waals surface area contributed by atoms with E-state index in [9.17, 15) is 4.79 Å². The SMILES string of the molecule is NCc1ccc2[nH]ccc(=O)c2c1. The van der Waals surface area contributed by atoms with Gasteiger partial charge in [0.05, 0.1) is 0 Å². The molecule has 1 heterocycles. The second-order valence-corrected chi connectivity index (χ2v) is 2.93. The predicted octanol–water partition coefficient (Wildman–Crippen LogP) is 0.987. The van der Waals surface area contributed by atoms with E-state index in [1.807, 2.05) is 18.2 Å². The van der Waals surface area contributed by atoms with Crippen molar-refractivity contribution in [3.63, 3.8) is 0 Å². The van der Waals surface area contributed by atoms with Crippen molar-refractivity contribution < 1.29 is 0 Å². The van der Waals surface area contributed by atoms with Crippen molar-refractivity contribution in [2.75, 3.05) is 0 Å². The van der Waals surface area contributed by atoms with Gasteiger partial charge >= 0.3 is 0 Å². The van der Waals surface area contributed by atoms with E-state index in [0.29, 0.717) is 11.9 Å². The zero-order valence-corrected chi connectivity index (χ0v) is 7.08. The van der Waals surface area contributed by atoms with E-state index in [-0.39, 0.29) is 5.43 Å². The molecular formula is C10H10N2O. The van der Waals surface area contributed by atoms with Crippen molar-refractivity contribution in [2.45, 2.75) is 6.54 Å². The Morgan fingerprint density at radius 3 is 2.92 bits per heavy atom. The highest BCUT2D eigenvalue weighted by Gasteiger charge is 1.97. The monoisotopic (exact) mass is 174 g/mol. The van der Waals surface area contributed by atoms with Crippen LogP contribution >= 0.6 is 0 Å². The van der Waals surface area contributed by atoms with Crippen LogP contribution in [0, 0.1) is 0 Å². The first-order valence-corrected chi connectivity index (χ1v) is 4.11. The van der Waals surface area contributed by atoms with E-state index in [1.54, 1.807) is 6.20 Å². The third-order valence-corrected chi connectivity index (χ3v) is 2.06. The summed E-state index contributed by atoms with van der Waals surface area (Å²) >= 11 is 0. The quantitative estimate of drug-likeness (QED) is 0.677. The molecule has 0 unspecified atom stereocenters. The highest BCUT2D eigenvalue weighted by Crippen LogP contribution is 2.08. The molecule has 0 atom stereocenters. The molecule has 0 radical (unpaired) electrons. The third kappa shape index (κ3) is 1.34. The summed E-state index contributed by atoms with van der Waals surface area (Å²) in [5.41, 5.74) is 7.34. The zero-order chi connectivity index (χ0) is 9.26. The number of aromatic amines is 1. The minimum atomic E-state index is 0.0315. The minimum Gasteiger partial charge on any atom is -0.361 e. The molecular weight excluding hydrogens is 164 g/mol. The first-order valence-electron chi connectivity index (χ1n) is 4.11. The number of aromatic nitrogens is 1. The number of hydrogen-bond donors (Lipinski definition) is 2. The van der Waals surface area contributed by atoms with Gasteiger partial charge < -0.3 is 10.7 Å². The fourth-order valence-corrected chi connectivity index (χ4v) is 1.35. The average molecular weight is 174 g/mol. The lowest BCUT2D eigenvalue weighted by Crippen LogP contribution is -2.02. The van der Waals surface area contributed by atoms with E-state index in [0.717, 1.165) is 11.1 Å². The van der Waals surface area contributed by atoms with Crippen LogP contribution in [-0.2, 0) is 6.54 Å². The summed E-state index contributed by atoms with van der Waals surface area (Å²) < 4.78 is 0. The summed E-state index contributed by atoms with van der Waals surface area (Å²) in [5, 5.41) is 0.699. The molecule has 0 aliphatic rings. The first-order chi connectivity index (χ1) is 6.31. The molecule has 13 heavy (non-hydrogen) atoms. The van der Waals surface area contributed by atoms with Gasteiger partial charge in [0, 0.05) is 29.7 Å². The lowest BCUT2D eigenvalue weighted by molar-refractivity contribution is 1.07. The standard InChI is InChI=1S/C10H10N2O/c11-6-7-1-2-9-8(5-7)10(13)3-4-12-9/h1-5H,6,11H2,(H,12,13). The molecule has 0 spiro atoms. The summed E-state index contributed by atoms with van der Waals surface area (Å²) in [7, 11) is 0. The van der Waals surface area contributed by atoms with Crippen LogP contribution in [0.25, 0.3) is 10.9 Å². The topological polar surface area (TPSA) is 58.9 Å². The molecule has 2 rings (SSSR count). The summed E-state index contributed by atoms with van der Waals surface area (Å²) in [6.07, 6.45) is 1.65. The molecule has 0 saturated heterocycles. The van der Waals surface area contributed by atoms with Gasteiger partial charge in [0.1, 0.15) is 0 Å². The van der Waals surface area contributed by atoms with Gasteiger partial charge in [-0.2, -0.15) is 0 Å². The van der Waals surface area contributed by atoms with Gasteiger partial charge in [-0.1, -0.05) is 6.07 Å². The van der Waals surface area contributed by atoms with Crippen LogP contribution in [0.5, 0.6) is 0 Å². The molecule has 66 valence electrons. The van der Waals surface area contributed by atoms with Crippen molar-refractivity contribution in [1.82, 2.24) is 4.98 Å². The fourth-order valence-electron chi connectivity index (χ4n) is 1.35. The number of benzene rings is 1. The molecule has 1 aromatic heterocycles. The maximum Gasteiger partial charge on any atom is 0.189 e. The smallest absolute Gasteiger partial charge is 0.189 e.